The van der Waals surface area contributed by atoms with E-state index in [2.05, 4.69) is 24.1 Å². The maximum Gasteiger partial charge on any atom is -0.000664 e. The summed E-state index contributed by atoms with van der Waals surface area (Å²) in [4.78, 5) is 2.65. The third kappa shape index (κ3) is 4.98. The fraction of sp³-hybridized carbons (Fsp3) is 1.00. The zero-order valence-corrected chi connectivity index (χ0v) is 10.8. The molecule has 0 aliphatic carbocycles. The molecule has 0 spiro atoms. The van der Waals surface area contributed by atoms with Gasteiger partial charge < -0.3 is 10.2 Å². The topological polar surface area (TPSA) is 15.3 Å². The average molecular weight is 212 g/mol. The van der Waals surface area contributed by atoms with Crippen LogP contribution < -0.4 is 5.32 Å². The number of rotatable bonds is 5. The van der Waals surface area contributed by atoms with E-state index in [4.69, 9.17) is 0 Å². The first-order chi connectivity index (χ1) is 7.24. The second-order valence-electron chi connectivity index (χ2n) is 5.23. The highest BCUT2D eigenvalue weighted by molar-refractivity contribution is 4.72. The van der Waals surface area contributed by atoms with Gasteiger partial charge in [0.05, 0.1) is 0 Å². The lowest BCUT2D eigenvalue weighted by molar-refractivity contribution is 0.269. The third-order valence-electron chi connectivity index (χ3n) is 3.71. The van der Waals surface area contributed by atoms with Crippen molar-refractivity contribution in [3.8, 4) is 0 Å². The molecule has 1 unspecified atom stereocenters. The van der Waals surface area contributed by atoms with Crippen LogP contribution in [0.15, 0.2) is 0 Å². The smallest absolute Gasteiger partial charge is 0.000664 e. The Bertz CT molecular complexity index is 157. The Labute approximate surface area is 95.4 Å². The SMILES string of the molecule is CNCCCN1CCCC(C(C)C)CC1. The monoisotopic (exact) mass is 212 g/mol. The van der Waals surface area contributed by atoms with Gasteiger partial charge >= 0.3 is 0 Å². The van der Waals surface area contributed by atoms with E-state index in [-0.39, 0.29) is 0 Å². The molecule has 1 atom stereocenters. The minimum atomic E-state index is 0.877. The number of hydrogen-bond donors (Lipinski definition) is 1. The summed E-state index contributed by atoms with van der Waals surface area (Å²) in [7, 11) is 2.04. The Kier molecular flexibility index (Phi) is 6.26. The molecule has 15 heavy (non-hydrogen) atoms. The van der Waals surface area contributed by atoms with Gasteiger partial charge in [0.15, 0.2) is 0 Å². The minimum Gasteiger partial charge on any atom is -0.320 e. The second kappa shape index (κ2) is 7.24. The molecule has 2 heteroatoms. The van der Waals surface area contributed by atoms with Gasteiger partial charge in [0, 0.05) is 0 Å². The molecule has 1 heterocycles. The number of nitrogens with zero attached hydrogens (tertiary/aromatic N) is 1. The largest absolute Gasteiger partial charge is 0.320 e. The summed E-state index contributed by atoms with van der Waals surface area (Å²) in [6, 6.07) is 0. The van der Waals surface area contributed by atoms with Crippen LogP contribution in [0.2, 0.25) is 0 Å². The molecule has 0 saturated carbocycles. The van der Waals surface area contributed by atoms with Crippen LogP contribution >= 0.6 is 0 Å². The van der Waals surface area contributed by atoms with Crippen molar-refractivity contribution in [3.05, 3.63) is 0 Å². The number of nitrogens with one attached hydrogen (secondary N) is 1. The van der Waals surface area contributed by atoms with Crippen molar-refractivity contribution >= 4 is 0 Å². The van der Waals surface area contributed by atoms with E-state index in [9.17, 15) is 0 Å². The Morgan fingerprint density at radius 3 is 2.73 bits per heavy atom. The minimum absolute atomic E-state index is 0.877. The Balaban J connectivity index is 2.20. The Morgan fingerprint density at radius 2 is 2.07 bits per heavy atom. The van der Waals surface area contributed by atoms with Crippen molar-refractivity contribution in [3.63, 3.8) is 0 Å². The fourth-order valence-electron chi connectivity index (χ4n) is 2.55. The third-order valence-corrected chi connectivity index (χ3v) is 3.71. The van der Waals surface area contributed by atoms with Crippen LogP contribution in [-0.4, -0.2) is 38.1 Å². The molecule has 0 aromatic heterocycles. The average Bonchev–Trinajstić information content (AvgIpc) is 2.44. The lowest BCUT2D eigenvalue weighted by Gasteiger charge is -2.21. The summed E-state index contributed by atoms with van der Waals surface area (Å²) in [5, 5.41) is 3.22. The Morgan fingerprint density at radius 1 is 1.27 bits per heavy atom. The molecule has 0 aromatic carbocycles. The van der Waals surface area contributed by atoms with Gasteiger partial charge in [-0.2, -0.15) is 0 Å². The lowest BCUT2D eigenvalue weighted by Crippen LogP contribution is -2.28. The molecule has 1 fully saturated rings. The van der Waals surface area contributed by atoms with Gasteiger partial charge in [0.1, 0.15) is 0 Å². The van der Waals surface area contributed by atoms with Crippen molar-refractivity contribution < 1.29 is 0 Å². The maximum absolute atomic E-state index is 3.22. The second-order valence-corrected chi connectivity index (χ2v) is 5.23. The highest BCUT2D eigenvalue weighted by Gasteiger charge is 2.18. The molecule has 2 nitrogen and oxygen atoms in total. The molecular formula is C13H28N2. The van der Waals surface area contributed by atoms with Gasteiger partial charge in [0.25, 0.3) is 0 Å². The zero-order chi connectivity index (χ0) is 11.1. The molecule has 1 aliphatic heterocycles. The van der Waals surface area contributed by atoms with Crippen molar-refractivity contribution in [1.82, 2.24) is 10.2 Å². The van der Waals surface area contributed by atoms with E-state index in [0.29, 0.717) is 0 Å². The molecule has 0 radical (unpaired) electrons. The molecular weight excluding hydrogens is 184 g/mol. The zero-order valence-electron chi connectivity index (χ0n) is 10.8. The summed E-state index contributed by atoms with van der Waals surface area (Å²) in [5.41, 5.74) is 0. The van der Waals surface area contributed by atoms with Crippen molar-refractivity contribution in [2.45, 2.75) is 39.5 Å². The van der Waals surface area contributed by atoms with Crippen LogP contribution in [0.3, 0.4) is 0 Å². The molecule has 0 bridgehead atoms. The van der Waals surface area contributed by atoms with Gasteiger partial charge in [-0.15, -0.1) is 0 Å². The number of hydrogen-bond acceptors (Lipinski definition) is 2. The fourth-order valence-corrected chi connectivity index (χ4v) is 2.55. The van der Waals surface area contributed by atoms with Gasteiger partial charge in [-0.25, -0.2) is 0 Å². The quantitative estimate of drug-likeness (QED) is 0.704. The van der Waals surface area contributed by atoms with Crippen LogP contribution in [0, 0.1) is 11.8 Å². The van der Waals surface area contributed by atoms with Crippen LogP contribution in [0.25, 0.3) is 0 Å². The van der Waals surface area contributed by atoms with Crippen molar-refractivity contribution in [2.75, 3.05) is 33.2 Å². The Hall–Kier alpha value is -0.0800. The molecule has 0 amide bonds. The molecule has 1 N–H and O–H groups in total. The van der Waals surface area contributed by atoms with Crippen LogP contribution in [0.1, 0.15) is 39.5 Å². The van der Waals surface area contributed by atoms with E-state index in [1.54, 1.807) is 0 Å². The summed E-state index contributed by atoms with van der Waals surface area (Å²) >= 11 is 0. The predicted octanol–water partition coefficient (Wildman–Crippen LogP) is 2.35. The standard InChI is InChI=1S/C13H28N2/c1-12(2)13-6-4-9-15(11-7-13)10-5-8-14-3/h12-14H,4-11H2,1-3H3. The molecule has 0 aromatic rings. The van der Waals surface area contributed by atoms with Crippen molar-refractivity contribution in [2.24, 2.45) is 11.8 Å². The van der Waals surface area contributed by atoms with Crippen LogP contribution in [0.4, 0.5) is 0 Å². The molecule has 90 valence electrons. The highest BCUT2D eigenvalue weighted by Crippen LogP contribution is 2.24. The number of likely N-dealkylation sites (tertiary alicyclic amines) is 1. The van der Waals surface area contributed by atoms with E-state index in [0.717, 1.165) is 18.4 Å². The lowest BCUT2D eigenvalue weighted by atomic mass is 9.89. The summed E-state index contributed by atoms with van der Waals surface area (Å²) in [6.45, 7) is 9.85. The van der Waals surface area contributed by atoms with Crippen molar-refractivity contribution in [1.29, 1.82) is 0 Å². The first-order valence-electron chi connectivity index (χ1n) is 6.61. The van der Waals surface area contributed by atoms with Gasteiger partial charge in [0.2, 0.25) is 0 Å². The van der Waals surface area contributed by atoms with E-state index < -0.39 is 0 Å². The predicted molar refractivity (Wildman–Crippen MR) is 67.2 cm³/mol. The molecule has 1 saturated heterocycles. The van der Waals surface area contributed by atoms with Crippen LogP contribution in [-0.2, 0) is 0 Å². The summed E-state index contributed by atoms with van der Waals surface area (Å²) in [5.74, 6) is 1.85. The highest BCUT2D eigenvalue weighted by atomic mass is 15.1. The van der Waals surface area contributed by atoms with E-state index >= 15 is 0 Å². The summed E-state index contributed by atoms with van der Waals surface area (Å²) in [6.07, 6.45) is 5.56. The first-order valence-corrected chi connectivity index (χ1v) is 6.61. The molecule has 1 aliphatic rings. The summed E-state index contributed by atoms with van der Waals surface area (Å²) < 4.78 is 0. The first kappa shape index (κ1) is 13.0. The molecule has 1 rings (SSSR count). The normalized spacial score (nSPS) is 24.4. The van der Waals surface area contributed by atoms with Gasteiger partial charge in [-0.3, -0.25) is 0 Å². The van der Waals surface area contributed by atoms with Gasteiger partial charge in [-0.1, -0.05) is 13.8 Å². The maximum atomic E-state index is 3.22. The van der Waals surface area contributed by atoms with Gasteiger partial charge in [-0.05, 0) is 70.7 Å². The van der Waals surface area contributed by atoms with Crippen LogP contribution in [0.5, 0.6) is 0 Å². The van der Waals surface area contributed by atoms with E-state index in [1.165, 1.54) is 45.3 Å². The van der Waals surface area contributed by atoms with E-state index in [1.807, 2.05) is 7.05 Å².